The molecule has 0 saturated carbocycles. The molecule has 0 bridgehead atoms. The highest BCUT2D eigenvalue weighted by molar-refractivity contribution is 5.77. The Hall–Kier alpha value is -2.82. The van der Waals surface area contributed by atoms with Crippen LogP contribution in [0.4, 0.5) is 4.79 Å². The molecule has 1 heterocycles. The molecule has 2 aromatic rings. The van der Waals surface area contributed by atoms with Crippen molar-refractivity contribution in [3.05, 3.63) is 71.3 Å². The van der Waals surface area contributed by atoms with Crippen molar-refractivity contribution in [1.82, 2.24) is 10.2 Å². The van der Waals surface area contributed by atoms with Gasteiger partial charge in [0.15, 0.2) is 0 Å². The minimum atomic E-state index is -0.918. The van der Waals surface area contributed by atoms with E-state index in [1.54, 1.807) is 4.90 Å². The van der Waals surface area contributed by atoms with Crippen LogP contribution in [0, 0.1) is 0 Å². The lowest BCUT2D eigenvalue weighted by atomic mass is 9.88. The summed E-state index contributed by atoms with van der Waals surface area (Å²) in [5.41, 5.74) is 3.43. The summed E-state index contributed by atoms with van der Waals surface area (Å²) in [4.78, 5) is 25.0. The SMILES string of the molecule is O=C(O)CCNC(=O)N1CCc2ccccc2[C@H]1c1ccccc1. The molecule has 0 saturated heterocycles. The van der Waals surface area contributed by atoms with Gasteiger partial charge in [-0.05, 0) is 23.1 Å². The van der Waals surface area contributed by atoms with Gasteiger partial charge in [0.25, 0.3) is 0 Å². The predicted octanol–water partition coefficient (Wildman–Crippen LogP) is 2.82. The Kier molecular flexibility index (Phi) is 4.79. The number of fused-ring (bicyclic) bond motifs is 1. The largest absolute Gasteiger partial charge is 0.481 e. The van der Waals surface area contributed by atoms with Gasteiger partial charge in [-0.15, -0.1) is 0 Å². The summed E-state index contributed by atoms with van der Waals surface area (Å²) < 4.78 is 0. The standard InChI is InChI=1S/C19H20N2O3/c22-17(23)10-12-20-19(24)21-13-11-14-6-4-5-9-16(14)18(21)15-7-2-1-3-8-15/h1-9,18H,10-13H2,(H,20,24)(H,22,23)/t18-/m1/s1. The van der Waals surface area contributed by atoms with E-state index in [-0.39, 0.29) is 25.0 Å². The van der Waals surface area contributed by atoms with Gasteiger partial charge in [-0.1, -0.05) is 54.6 Å². The summed E-state index contributed by atoms with van der Waals surface area (Å²) in [7, 11) is 0. The van der Waals surface area contributed by atoms with E-state index < -0.39 is 5.97 Å². The van der Waals surface area contributed by atoms with Gasteiger partial charge in [0, 0.05) is 13.1 Å². The number of benzene rings is 2. The fourth-order valence-electron chi connectivity index (χ4n) is 3.16. The van der Waals surface area contributed by atoms with Crippen molar-refractivity contribution in [2.45, 2.75) is 18.9 Å². The van der Waals surface area contributed by atoms with Crippen molar-refractivity contribution >= 4 is 12.0 Å². The van der Waals surface area contributed by atoms with E-state index in [0.717, 1.165) is 17.5 Å². The van der Waals surface area contributed by atoms with E-state index >= 15 is 0 Å². The zero-order valence-corrected chi connectivity index (χ0v) is 13.3. The third-order valence-electron chi connectivity index (χ3n) is 4.27. The van der Waals surface area contributed by atoms with Crippen LogP contribution in [-0.4, -0.2) is 35.1 Å². The molecule has 5 heteroatoms. The van der Waals surface area contributed by atoms with Crippen LogP contribution in [0.25, 0.3) is 0 Å². The number of hydrogen-bond donors (Lipinski definition) is 2. The van der Waals surface area contributed by atoms with Gasteiger partial charge in [-0.3, -0.25) is 4.79 Å². The first-order chi connectivity index (χ1) is 11.7. The van der Waals surface area contributed by atoms with E-state index in [4.69, 9.17) is 5.11 Å². The quantitative estimate of drug-likeness (QED) is 0.908. The van der Waals surface area contributed by atoms with Crippen LogP contribution in [0.15, 0.2) is 54.6 Å². The number of aliphatic carboxylic acids is 1. The van der Waals surface area contributed by atoms with Crippen molar-refractivity contribution in [3.63, 3.8) is 0 Å². The van der Waals surface area contributed by atoms with Gasteiger partial charge < -0.3 is 15.3 Å². The predicted molar refractivity (Wildman–Crippen MR) is 90.8 cm³/mol. The van der Waals surface area contributed by atoms with E-state index in [9.17, 15) is 9.59 Å². The van der Waals surface area contributed by atoms with Crippen molar-refractivity contribution in [1.29, 1.82) is 0 Å². The van der Waals surface area contributed by atoms with Crippen molar-refractivity contribution < 1.29 is 14.7 Å². The molecule has 1 atom stereocenters. The van der Waals surface area contributed by atoms with Crippen LogP contribution in [0.2, 0.25) is 0 Å². The smallest absolute Gasteiger partial charge is 0.318 e. The highest BCUT2D eigenvalue weighted by atomic mass is 16.4. The number of rotatable bonds is 4. The van der Waals surface area contributed by atoms with E-state index in [1.807, 2.05) is 42.5 Å². The summed E-state index contributed by atoms with van der Waals surface area (Å²) >= 11 is 0. The Bertz CT molecular complexity index is 730. The topological polar surface area (TPSA) is 69.6 Å². The molecule has 2 N–H and O–H groups in total. The minimum Gasteiger partial charge on any atom is -0.481 e. The lowest BCUT2D eigenvalue weighted by molar-refractivity contribution is -0.136. The average molecular weight is 324 g/mol. The molecule has 124 valence electrons. The van der Waals surface area contributed by atoms with E-state index in [2.05, 4.69) is 17.4 Å². The molecule has 1 aliphatic heterocycles. The first-order valence-electron chi connectivity index (χ1n) is 8.06. The molecule has 24 heavy (non-hydrogen) atoms. The number of carboxylic acids is 1. The van der Waals surface area contributed by atoms with E-state index in [0.29, 0.717) is 6.54 Å². The third-order valence-corrected chi connectivity index (χ3v) is 4.27. The second kappa shape index (κ2) is 7.17. The molecule has 0 spiro atoms. The molecule has 0 radical (unpaired) electrons. The normalized spacial score (nSPS) is 16.3. The van der Waals surface area contributed by atoms with Crippen molar-refractivity contribution in [2.75, 3.05) is 13.1 Å². The number of urea groups is 1. The summed E-state index contributed by atoms with van der Waals surface area (Å²) in [6.07, 6.45) is 0.720. The molecular formula is C19H20N2O3. The van der Waals surface area contributed by atoms with Gasteiger partial charge in [-0.2, -0.15) is 0 Å². The lowest BCUT2D eigenvalue weighted by Gasteiger charge is -2.37. The fourth-order valence-corrected chi connectivity index (χ4v) is 3.16. The molecule has 3 rings (SSSR count). The fraction of sp³-hybridized carbons (Fsp3) is 0.263. The molecular weight excluding hydrogens is 304 g/mol. The third kappa shape index (κ3) is 3.40. The highest BCUT2D eigenvalue weighted by Crippen LogP contribution is 2.34. The monoisotopic (exact) mass is 324 g/mol. The second-order valence-corrected chi connectivity index (χ2v) is 5.83. The molecule has 0 aromatic heterocycles. The Morgan fingerprint density at radius 2 is 1.79 bits per heavy atom. The van der Waals surface area contributed by atoms with Gasteiger partial charge in [0.1, 0.15) is 0 Å². The summed E-state index contributed by atoms with van der Waals surface area (Å²) in [5, 5.41) is 11.5. The second-order valence-electron chi connectivity index (χ2n) is 5.83. The highest BCUT2D eigenvalue weighted by Gasteiger charge is 2.31. The Morgan fingerprint density at radius 3 is 2.54 bits per heavy atom. The van der Waals surface area contributed by atoms with Crippen LogP contribution in [0.3, 0.4) is 0 Å². The zero-order chi connectivity index (χ0) is 16.9. The van der Waals surface area contributed by atoms with Crippen LogP contribution in [0.5, 0.6) is 0 Å². The lowest BCUT2D eigenvalue weighted by Crippen LogP contribution is -2.46. The molecule has 0 unspecified atom stereocenters. The summed E-state index contributed by atoms with van der Waals surface area (Å²) in [6.45, 7) is 0.739. The molecule has 2 aromatic carbocycles. The number of nitrogens with zero attached hydrogens (tertiary/aromatic N) is 1. The number of carbonyl (C=O) groups is 2. The maximum absolute atomic E-state index is 12.6. The number of amides is 2. The zero-order valence-electron chi connectivity index (χ0n) is 13.3. The summed E-state index contributed by atoms with van der Waals surface area (Å²) in [6, 6.07) is 17.7. The Balaban J connectivity index is 1.88. The van der Waals surface area contributed by atoms with E-state index in [1.165, 1.54) is 5.56 Å². The van der Waals surface area contributed by atoms with Crippen LogP contribution in [0.1, 0.15) is 29.2 Å². The Labute approximate surface area is 140 Å². The molecule has 2 amide bonds. The maximum Gasteiger partial charge on any atom is 0.318 e. The van der Waals surface area contributed by atoms with Crippen molar-refractivity contribution in [3.8, 4) is 0 Å². The average Bonchev–Trinajstić information content (AvgIpc) is 2.61. The molecule has 0 aliphatic carbocycles. The van der Waals surface area contributed by atoms with Crippen LogP contribution >= 0.6 is 0 Å². The van der Waals surface area contributed by atoms with Crippen molar-refractivity contribution in [2.24, 2.45) is 0 Å². The first kappa shape index (κ1) is 16.1. The first-order valence-corrected chi connectivity index (χ1v) is 8.06. The summed E-state index contributed by atoms with van der Waals surface area (Å²) in [5.74, 6) is -0.918. The number of carbonyl (C=O) groups excluding carboxylic acids is 1. The Morgan fingerprint density at radius 1 is 1.08 bits per heavy atom. The number of hydrogen-bond acceptors (Lipinski definition) is 2. The van der Waals surface area contributed by atoms with Gasteiger partial charge in [0.05, 0.1) is 12.5 Å². The maximum atomic E-state index is 12.6. The van der Waals surface area contributed by atoms with Gasteiger partial charge in [0.2, 0.25) is 0 Å². The van der Waals surface area contributed by atoms with Gasteiger partial charge in [-0.25, -0.2) is 4.79 Å². The number of carboxylic acid groups (broad SMARTS) is 1. The number of nitrogens with one attached hydrogen (secondary N) is 1. The minimum absolute atomic E-state index is 0.0772. The van der Waals surface area contributed by atoms with Crippen LogP contribution in [-0.2, 0) is 11.2 Å². The molecule has 0 fully saturated rings. The van der Waals surface area contributed by atoms with Crippen LogP contribution < -0.4 is 5.32 Å². The van der Waals surface area contributed by atoms with Gasteiger partial charge >= 0.3 is 12.0 Å². The molecule has 1 aliphatic rings. The molecule has 5 nitrogen and oxygen atoms in total.